The van der Waals surface area contributed by atoms with E-state index >= 15 is 0 Å². The molecule has 132 valence electrons. The molecule has 7 heteroatoms. The fraction of sp³-hybridized carbons (Fsp3) is 0.333. The third-order valence-electron chi connectivity index (χ3n) is 3.86. The predicted molar refractivity (Wildman–Crippen MR) is 96.6 cm³/mol. The third kappa shape index (κ3) is 3.70. The molecule has 2 heterocycles. The van der Waals surface area contributed by atoms with Gasteiger partial charge in [-0.1, -0.05) is 36.7 Å². The van der Waals surface area contributed by atoms with Crippen LogP contribution in [0.1, 0.15) is 34.8 Å². The zero-order valence-corrected chi connectivity index (χ0v) is 15.3. The van der Waals surface area contributed by atoms with Crippen molar-refractivity contribution in [3.8, 4) is 0 Å². The van der Waals surface area contributed by atoms with E-state index in [9.17, 15) is 9.59 Å². The second-order valence-corrected chi connectivity index (χ2v) is 7.10. The van der Waals surface area contributed by atoms with Crippen LogP contribution in [0.5, 0.6) is 0 Å². The van der Waals surface area contributed by atoms with E-state index in [0.717, 1.165) is 12.0 Å². The molecule has 0 aliphatic carbocycles. The Hall–Kier alpha value is -1.92. The normalized spacial score (nSPS) is 19.8. The van der Waals surface area contributed by atoms with E-state index in [4.69, 9.17) is 20.8 Å². The molecule has 0 spiro atoms. The first-order chi connectivity index (χ1) is 12.1. The number of benzene rings is 1. The van der Waals surface area contributed by atoms with Gasteiger partial charge >= 0.3 is 5.97 Å². The van der Waals surface area contributed by atoms with Gasteiger partial charge in [0.05, 0.1) is 12.9 Å². The number of esters is 1. The number of halogens is 1. The second kappa shape index (κ2) is 7.97. The lowest BCUT2D eigenvalue weighted by Crippen LogP contribution is -2.43. The zero-order chi connectivity index (χ0) is 17.8. The molecule has 2 unspecified atom stereocenters. The van der Waals surface area contributed by atoms with Crippen molar-refractivity contribution in [2.45, 2.75) is 24.8 Å². The second-order valence-electron chi connectivity index (χ2n) is 5.58. The SMILES string of the molecule is CCCOC(=O)C1CSC(c2ccccc2Cl)N1C(=O)c1ccco1. The molecule has 1 aromatic carbocycles. The van der Waals surface area contributed by atoms with Crippen molar-refractivity contribution in [3.63, 3.8) is 0 Å². The standard InChI is InChI=1S/C18H18ClNO4S/c1-2-9-24-18(22)14-11-25-17(12-6-3-4-7-13(12)19)20(14)16(21)15-8-5-10-23-15/h3-8,10,14,17H,2,9,11H2,1H3. The average molecular weight is 380 g/mol. The minimum absolute atomic E-state index is 0.188. The Morgan fingerprint density at radius 1 is 1.32 bits per heavy atom. The molecular weight excluding hydrogens is 362 g/mol. The summed E-state index contributed by atoms with van der Waals surface area (Å²) in [6.45, 7) is 2.26. The van der Waals surface area contributed by atoms with E-state index in [2.05, 4.69) is 0 Å². The Morgan fingerprint density at radius 2 is 2.12 bits per heavy atom. The third-order valence-corrected chi connectivity index (χ3v) is 5.51. The van der Waals surface area contributed by atoms with Crippen LogP contribution in [0, 0.1) is 0 Å². The summed E-state index contributed by atoms with van der Waals surface area (Å²) in [4.78, 5) is 26.9. The van der Waals surface area contributed by atoms with Gasteiger partial charge < -0.3 is 14.1 Å². The lowest BCUT2D eigenvalue weighted by atomic mass is 10.1. The lowest BCUT2D eigenvalue weighted by Gasteiger charge is -2.28. The summed E-state index contributed by atoms with van der Waals surface area (Å²) in [7, 11) is 0. The highest BCUT2D eigenvalue weighted by Gasteiger charge is 2.44. The summed E-state index contributed by atoms with van der Waals surface area (Å²) in [5.74, 6) is -0.111. The van der Waals surface area contributed by atoms with Crippen molar-refractivity contribution in [2.75, 3.05) is 12.4 Å². The van der Waals surface area contributed by atoms with E-state index in [-0.39, 0.29) is 17.0 Å². The molecule has 2 aromatic rings. The van der Waals surface area contributed by atoms with Gasteiger partial charge in [0.1, 0.15) is 11.4 Å². The van der Waals surface area contributed by atoms with Gasteiger partial charge in [-0.25, -0.2) is 4.79 Å². The van der Waals surface area contributed by atoms with Crippen molar-refractivity contribution in [3.05, 3.63) is 59.0 Å². The largest absolute Gasteiger partial charge is 0.464 e. The van der Waals surface area contributed by atoms with Gasteiger partial charge in [-0.2, -0.15) is 0 Å². The van der Waals surface area contributed by atoms with Crippen molar-refractivity contribution < 1.29 is 18.7 Å². The Kier molecular flexibility index (Phi) is 5.71. The van der Waals surface area contributed by atoms with Gasteiger partial charge in [0.25, 0.3) is 5.91 Å². The summed E-state index contributed by atoms with van der Waals surface area (Å²) in [6, 6.07) is 9.89. The molecule has 1 aliphatic rings. The van der Waals surface area contributed by atoms with Crippen molar-refractivity contribution >= 4 is 35.2 Å². The van der Waals surface area contributed by atoms with Gasteiger partial charge in [-0.3, -0.25) is 4.79 Å². The number of thioether (sulfide) groups is 1. The smallest absolute Gasteiger partial charge is 0.329 e. The predicted octanol–water partition coefficient (Wildman–Crippen LogP) is 4.14. The molecule has 3 rings (SSSR count). The molecule has 1 saturated heterocycles. The maximum absolute atomic E-state index is 13.0. The van der Waals surface area contributed by atoms with Gasteiger partial charge in [-0.05, 0) is 24.6 Å². The molecule has 1 aromatic heterocycles. The zero-order valence-electron chi connectivity index (χ0n) is 13.7. The highest BCUT2D eigenvalue weighted by atomic mass is 35.5. The minimum atomic E-state index is -0.671. The van der Waals surface area contributed by atoms with E-state index in [1.807, 2.05) is 25.1 Å². The maximum Gasteiger partial charge on any atom is 0.329 e. The molecule has 0 radical (unpaired) electrons. The summed E-state index contributed by atoms with van der Waals surface area (Å²) in [5.41, 5.74) is 0.792. The van der Waals surface area contributed by atoms with Gasteiger partial charge in [0, 0.05) is 16.3 Å². The number of nitrogens with zero attached hydrogens (tertiary/aromatic N) is 1. The average Bonchev–Trinajstić information content (AvgIpc) is 3.29. The van der Waals surface area contributed by atoms with Gasteiger partial charge in [0.2, 0.25) is 0 Å². The Labute approximate surface area is 155 Å². The molecule has 0 N–H and O–H groups in total. The van der Waals surface area contributed by atoms with Gasteiger partial charge in [0.15, 0.2) is 5.76 Å². The van der Waals surface area contributed by atoms with E-state index in [1.165, 1.54) is 22.9 Å². The minimum Gasteiger partial charge on any atom is -0.464 e. The lowest BCUT2D eigenvalue weighted by molar-refractivity contribution is -0.148. The fourth-order valence-corrected chi connectivity index (χ4v) is 4.43. The quantitative estimate of drug-likeness (QED) is 0.730. The summed E-state index contributed by atoms with van der Waals surface area (Å²) >= 11 is 7.81. The number of ether oxygens (including phenoxy) is 1. The number of carbonyl (C=O) groups excluding carboxylic acids is 2. The van der Waals surface area contributed by atoms with Crippen LogP contribution < -0.4 is 0 Å². The molecule has 5 nitrogen and oxygen atoms in total. The van der Waals surface area contributed by atoms with Gasteiger partial charge in [-0.15, -0.1) is 11.8 Å². The van der Waals surface area contributed by atoms with Crippen LogP contribution >= 0.6 is 23.4 Å². The van der Waals surface area contributed by atoms with E-state index in [1.54, 1.807) is 18.2 Å². The first-order valence-electron chi connectivity index (χ1n) is 8.02. The number of rotatable bonds is 5. The molecule has 0 bridgehead atoms. The van der Waals surface area contributed by atoms with Crippen LogP contribution in [0.25, 0.3) is 0 Å². The number of amides is 1. The number of furan rings is 1. The van der Waals surface area contributed by atoms with Crippen LogP contribution in [-0.4, -0.2) is 35.2 Å². The number of hydrogen-bond donors (Lipinski definition) is 0. The highest BCUT2D eigenvalue weighted by molar-refractivity contribution is 7.99. The summed E-state index contributed by atoms with van der Waals surface area (Å²) in [6.07, 6.45) is 2.16. The van der Waals surface area contributed by atoms with Crippen molar-refractivity contribution in [1.29, 1.82) is 0 Å². The number of carbonyl (C=O) groups is 2. The Balaban J connectivity index is 1.94. The Bertz CT molecular complexity index is 749. The molecule has 1 amide bonds. The fourth-order valence-electron chi connectivity index (χ4n) is 2.68. The van der Waals surface area contributed by atoms with E-state index < -0.39 is 12.0 Å². The molecule has 1 aliphatic heterocycles. The molecular formula is C18H18ClNO4S. The van der Waals surface area contributed by atoms with E-state index in [0.29, 0.717) is 17.4 Å². The molecule has 25 heavy (non-hydrogen) atoms. The monoisotopic (exact) mass is 379 g/mol. The number of hydrogen-bond acceptors (Lipinski definition) is 5. The van der Waals surface area contributed by atoms with Crippen LogP contribution in [0.15, 0.2) is 47.1 Å². The maximum atomic E-state index is 13.0. The first-order valence-corrected chi connectivity index (χ1v) is 9.45. The first kappa shape index (κ1) is 17.9. The Morgan fingerprint density at radius 3 is 2.80 bits per heavy atom. The van der Waals surface area contributed by atoms with Crippen LogP contribution in [-0.2, 0) is 9.53 Å². The summed E-state index contributed by atoms with van der Waals surface area (Å²) < 4.78 is 10.5. The van der Waals surface area contributed by atoms with Crippen LogP contribution in [0.4, 0.5) is 0 Å². The van der Waals surface area contributed by atoms with Crippen molar-refractivity contribution in [1.82, 2.24) is 4.90 Å². The van der Waals surface area contributed by atoms with Crippen molar-refractivity contribution in [2.24, 2.45) is 0 Å². The highest BCUT2D eigenvalue weighted by Crippen LogP contribution is 2.44. The molecule has 2 atom stereocenters. The van der Waals surface area contributed by atoms with Crippen LogP contribution in [0.3, 0.4) is 0 Å². The topological polar surface area (TPSA) is 59.8 Å². The molecule has 1 fully saturated rings. The van der Waals surface area contributed by atoms with Crippen LogP contribution in [0.2, 0.25) is 5.02 Å². The molecule has 0 saturated carbocycles. The summed E-state index contributed by atoms with van der Waals surface area (Å²) in [5, 5.41) is 0.185.